The van der Waals surface area contributed by atoms with Gasteiger partial charge in [-0.1, -0.05) is 23.7 Å². The SMILES string of the molecule is CN=C(NCCNC(=O)c1ccccc1Cl)NCc1nc(C(F)(F)F)cs1.I. The van der Waals surface area contributed by atoms with Crippen molar-refractivity contribution in [1.82, 2.24) is 20.9 Å². The molecule has 12 heteroatoms. The Bertz CT molecular complexity index is 816. The van der Waals surface area contributed by atoms with Crippen LogP contribution in [0.4, 0.5) is 13.2 Å². The van der Waals surface area contributed by atoms with Gasteiger partial charge in [0.2, 0.25) is 0 Å². The maximum Gasteiger partial charge on any atom is 0.434 e. The molecule has 3 N–H and O–H groups in total. The Kier molecular flexibility index (Phi) is 9.96. The minimum Gasteiger partial charge on any atom is -0.355 e. The number of amides is 1. The highest BCUT2D eigenvalue weighted by Gasteiger charge is 2.33. The molecule has 0 spiro atoms. The minimum absolute atomic E-state index is 0. The lowest BCUT2D eigenvalue weighted by atomic mass is 10.2. The molecule has 0 radical (unpaired) electrons. The van der Waals surface area contributed by atoms with Gasteiger partial charge in [0.05, 0.1) is 17.1 Å². The molecule has 1 heterocycles. The fourth-order valence-corrected chi connectivity index (χ4v) is 2.96. The van der Waals surface area contributed by atoms with E-state index in [4.69, 9.17) is 11.6 Å². The summed E-state index contributed by atoms with van der Waals surface area (Å²) >= 11 is 6.87. The van der Waals surface area contributed by atoms with E-state index in [1.54, 1.807) is 24.3 Å². The number of rotatable bonds is 6. The van der Waals surface area contributed by atoms with Gasteiger partial charge in [0.25, 0.3) is 5.91 Å². The molecular formula is C16H18ClF3IN5OS. The lowest BCUT2D eigenvalue weighted by Crippen LogP contribution is -2.41. The zero-order chi connectivity index (χ0) is 19.9. The molecule has 0 atom stereocenters. The number of carbonyl (C=O) groups is 1. The molecule has 1 aromatic heterocycles. The Hall–Kier alpha value is -1.60. The standard InChI is InChI=1S/C16H17ClF3N5OS.HI/c1-21-15(24-8-13-25-12(9-27-13)16(18,19)20)23-7-6-22-14(26)10-4-2-3-5-11(10)17;/h2-5,9H,6-8H2,1H3,(H,22,26)(H2,21,23,24);1H. The van der Waals surface area contributed by atoms with Crippen molar-refractivity contribution in [1.29, 1.82) is 0 Å². The van der Waals surface area contributed by atoms with Crippen molar-refractivity contribution in [3.8, 4) is 0 Å². The van der Waals surface area contributed by atoms with Gasteiger partial charge >= 0.3 is 6.18 Å². The summed E-state index contributed by atoms with van der Waals surface area (Å²) in [4.78, 5) is 19.5. The summed E-state index contributed by atoms with van der Waals surface area (Å²) in [7, 11) is 1.53. The summed E-state index contributed by atoms with van der Waals surface area (Å²) in [5.74, 6) is 0.0820. The Morgan fingerprint density at radius 3 is 2.50 bits per heavy atom. The molecule has 0 unspecified atom stereocenters. The minimum atomic E-state index is -4.45. The van der Waals surface area contributed by atoms with E-state index in [9.17, 15) is 18.0 Å². The number of benzene rings is 1. The molecule has 28 heavy (non-hydrogen) atoms. The predicted molar refractivity (Wildman–Crippen MR) is 115 cm³/mol. The average molecular weight is 548 g/mol. The third-order valence-corrected chi connectivity index (χ3v) is 4.47. The first-order chi connectivity index (χ1) is 12.8. The number of halogens is 5. The number of aliphatic imine (C=N–C) groups is 1. The summed E-state index contributed by atoms with van der Waals surface area (Å²) in [6, 6.07) is 6.70. The second kappa shape index (κ2) is 11.4. The molecule has 0 fully saturated rings. The quantitative estimate of drug-likeness (QED) is 0.224. The molecule has 0 aliphatic heterocycles. The van der Waals surface area contributed by atoms with E-state index in [1.807, 2.05) is 0 Å². The smallest absolute Gasteiger partial charge is 0.355 e. The largest absolute Gasteiger partial charge is 0.434 e. The van der Waals surface area contributed by atoms with Crippen LogP contribution in [0.2, 0.25) is 5.02 Å². The molecule has 1 amide bonds. The lowest BCUT2D eigenvalue weighted by molar-refractivity contribution is -0.140. The van der Waals surface area contributed by atoms with Gasteiger partial charge in [0, 0.05) is 25.5 Å². The van der Waals surface area contributed by atoms with Crippen molar-refractivity contribution in [2.24, 2.45) is 4.99 Å². The Balaban J connectivity index is 0.00000392. The topological polar surface area (TPSA) is 78.4 Å². The van der Waals surface area contributed by atoms with Crippen molar-refractivity contribution in [3.63, 3.8) is 0 Å². The first kappa shape index (κ1) is 24.4. The summed E-state index contributed by atoms with van der Waals surface area (Å²) in [6.07, 6.45) is -4.45. The van der Waals surface area contributed by atoms with Crippen molar-refractivity contribution >= 4 is 58.8 Å². The van der Waals surface area contributed by atoms with Crippen LogP contribution in [0.5, 0.6) is 0 Å². The van der Waals surface area contributed by atoms with E-state index in [1.165, 1.54) is 7.05 Å². The van der Waals surface area contributed by atoms with E-state index < -0.39 is 11.9 Å². The Labute approximate surface area is 186 Å². The number of hydrogen-bond donors (Lipinski definition) is 3. The summed E-state index contributed by atoms with van der Waals surface area (Å²) < 4.78 is 37.6. The van der Waals surface area contributed by atoms with Gasteiger partial charge in [-0.05, 0) is 12.1 Å². The number of alkyl halides is 3. The molecule has 0 saturated heterocycles. The lowest BCUT2D eigenvalue weighted by Gasteiger charge is -2.12. The number of carbonyl (C=O) groups excluding carboxylic acids is 1. The fraction of sp³-hybridized carbons (Fsp3) is 0.312. The van der Waals surface area contributed by atoms with Crippen LogP contribution in [0.1, 0.15) is 21.1 Å². The van der Waals surface area contributed by atoms with Crippen molar-refractivity contribution in [2.45, 2.75) is 12.7 Å². The molecular weight excluding hydrogens is 530 g/mol. The molecule has 0 bridgehead atoms. The number of nitrogens with zero attached hydrogens (tertiary/aromatic N) is 2. The van der Waals surface area contributed by atoms with Crippen LogP contribution in [0, 0.1) is 0 Å². The van der Waals surface area contributed by atoms with E-state index in [0.717, 1.165) is 16.7 Å². The summed E-state index contributed by atoms with van der Waals surface area (Å²) in [5.41, 5.74) is -0.527. The maximum absolute atomic E-state index is 12.5. The third kappa shape index (κ3) is 7.43. The predicted octanol–water partition coefficient (Wildman–Crippen LogP) is 3.53. The summed E-state index contributed by atoms with van der Waals surface area (Å²) in [6.45, 7) is 0.772. The van der Waals surface area contributed by atoms with Crippen LogP contribution in [0.3, 0.4) is 0 Å². The van der Waals surface area contributed by atoms with Crippen LogP contribution < -0.4 is 16.0 Å². The van der Waals surface area contributed by atoms with Gasteiger partial charge in [-0.15, -0.1) is 35.3 Å². The van der Waals surface area contributed by atoms with Crippen LogP contribution >= 0.6 is 46.9 Å². The highest BCUT2D eigenvalue weighted by molar-refractivity contribution is 14.0. The van der Waals surface area contributed by atoms with Crippen LogP contribution in [0.25, 0.3) is 0 Å². The van der Waals surface area contributed by atoms with Crippen LogP contribution in [-0.2, 0) is 12.7 Å². The normalized spacial score (nSPS) is 11.5. The second-order valence-corrected chi connectivity index (χ2v) is 6.56. The number of guanidine groups is 1. The highest BCUT2D eigenvalue weighted by atomic mass is 127. The van der Waals surface area contributed by atoms with Crippen molar-refractivity contribution < 1.29 is 18.0 Å². The number of nitrogens with one attached hydrogen (secondary N) is 3. The second-order valence-electron chi connectivity index (χ2n) is 5.21. The highest BCUT2D eigenvalue weighted by Crippen LogP contribution is 2.29. The number of aromatic nitrogens is 1. The Morgan fingerprint density at radius 1 is 1.21 bits per heavy atom. The zero-order valence-electron chi connectivity index (χ0n) is 14.6. The molecule has 2 aromatic rings. The van der Waals surface area contributed by atoms with Gasteiger partial charge < -0.3 is 16.0 Å². The monoisotopic (exact) mass is 547 g/mol. The van der Waals surface area contributed by atoms with Crippen molar-refractivity contribution in [2.75, 3.05) is 20.1 Å². The van der Waals surface area contributed by atoms with Crippen molar-refractivity contribution in [3.05, 3.63) is 50.9 Å². The fourth-order valence-electron chi connectivity index (χ4n) is 2.00. The van der Waals surface area contributed by atoms with E-state index >= 15 is 0 Å². The molecule has 6 nitrogen and oxygen atoms in total. The molecule has 0 aliphatic rings. The van der Waals surface area contributed by atoms with E-state index in [0.29, 0.717) is 29.6 Å². The van der Waals surface area contributed by atoms with Gasteiger partial charge in [0.15, 0.2) is 11.7 Å². The molecule has 0 aliphatic carbocycles. The van der Waals surface area contributed by atoms with E-state index in [-0.39, 0.29) is 41.4 Å². The van der Waals surface area contributed by atoms with Crippen LogP contribution in [0.15, 0.2) is 34.6 Å². The third-order valence-electron chi connectivity index (χ3n) is 3.29. The van der Waals surface area contributed by atoms with Gasteiger partial charge in [-0.3, -0.25) is 9.79 Å². The first-order valence-electron chi connectivity index (χ1n) is 7.80. The molecule has 154 valence electrons. The van der Waals surface area contributed by atoms with Gasteiger partial charge in [-0.25, -0.2) is 4.98 Å². The first-order valence-corrected chi connectivity index (χ1v) is 9.06. The zero-order valence-corrected chi connectivity index (χ0v) is 18.5. The van der Waals surface area contributed by atoms with Crippen LogP contribution in [-0.4, -0.2) is 37.0 Å². The van der Waals surface area contributed by atoms with Gasteiger partial charge in [-0.2, -0.15) is 13.2 Å². The molecule has 2 rings (SSSR count). The maximum atomic E-state index is 12.5. The summed E-state index contributed by atoms with van der Waals surface area (Å²) in [5, 5.41) is 10.1. The Morgan fingerprint density at radius 2 is 1.89 bits per heavy atom. The number of thiazole rings is 1. The van der Waals surface area contributed by atoms with Gasteiger partial charge in [0.1, 0.15) is 5.01 Å². The molecule has 0 saturated carbocycles. The van der Waals surface area contributed by atoms with E-state index in [2.05, 4.69) is 25.9 Å². The molecule has 1 aromatic carbocycles. The number of hydrogen-bond acceptors (Lipinski definition) is 4. The average Bonchev–Trinajstić information content (AvgIpc) is 3.11.